The third-order valence-electron chi connectivity index (χ3n) is 4.04. The van der Waals surface area contributed by atoms with Crippen molar-refractivity contribution in [3.05, 3.63) is 65.9 Å². The van der Waals surface area contributed by atoms with Gasteiger partial charge in [-0.15, -0.1) is 0 Å². The molecule has 2 aromatic carbocycles. The fourth-order valence-corrected chi connectivity index (χ4v) is 2.55. The van der Waals surface area contributed by atoms with Crippen LogP contribution in [0.15, 0.2) is 54.7 Å². The minimum atomic E-state index is -4.42. The molecular formula is C20H17F3N2O3. The number of amides is 1. The predicted molar refractivity (Wildman–Crippen MR) is 97.3 cm³/mol. The molecule has 1 aromatic heterocycles. The van der Waals surface area contributed by atoms with Gasteiger partial charge in [-0.05, 0) is 60.8 Å². The van der Waals surface area contributed by atoms with Crippen LogP contribution in [0, 0.1) is 0 Å². The number of aliphatic hydroxyl groups is 1. The summed E-state index contributed by atoms with van der Waals surface area (Å²) in [4.78, 5) is 16.3. The van der Waals surface area contributed by atoms with Gasteiger partial charge in [0.25, 0.3) is 5.91 Å². The highest BCUT2D eigenvalue weighted by Gasteiger charge is 2.30. The number of hydrogen-bond donors (Lipinski definition) is 2. The summed E-state index contributed by atoms with van der Waals surface area (Å²) in [5.74, 6) is 0.102. The normalized spacial score (nSPS) is 12.6. The third kappa shape index (κ3) is 4.40. The van der Waals surface area contributed by atoms with Crippen LogP contribution in [0.25, 0.3) is 10.8 Å². The zero-order valence-corrected chi connectivity index (χ0v) is 14.8. The first-order valence-electron chi connectivity index (χ1n) is 8.43. The van der Waals surface area contributed by atoms with Crippen LogP contribution >= 0.6 is 0 Å². The number of nitrogens with zero attached hydrogens (tertiary/aromatic N) is 1. The van der Waals surface area contributed by atoms with Gasteiger partial charge in [0.15, 0.2) is 0 Å². The van der Waals surface area contributed by atoms with Gasteiger partial charge in [-0.3, -0.25) is 4.79 Å². The molecule has 1 atom stereocenters. The lowest BCUT2D eigenvalue weighted by molar-refractivity contribution is -0.137. The van der Waals surface area contributed by atoms with Crippen molar-refractivity contribution in [2.75, 3.05) is 6.61 Å². The van der Waals surface area contributed by atoms with Crippen molar-refractivity contribution in [2.24, 2.45) is 0 Å². The minimum absolute atomic E-state index is 0.172. The van der Waals surface area contributed by atoms with E-state index >= 15 is 0 Å². The first-order chi connectivity index (χ1) is 13.3. The Bertz CT molecular complexity index is 988. The fraction of sp³-hybridized carbons (Fsp3) is 0.200. The molecule has 0 saturated carbocycles. The minimum Gasteiger partial charge on any atom is -0.438 e. The van der Waals surface area contributed by atoms with E-state index in [-0.39, 0.29) is 30.2 Å². The zero-order valence-electron chi connectivity index (χ0n) is 14.8. The van der Waals surface area contributed by atoms with E-state index in [2.05, 4.69) is 10.3 Å². The largest absolute Gasteiger partial charge is 0.438 e. The number of rotatable bonds is 5. The average molecular weight is 390 g/mol. The molecular weight excluding hydrogens is 373 g/mol. The van der Waals surface area contributed by atoms with Gasteiger partial charge in [0.05, 0.1) is 12.2 Å². The molecule has 28 heavy (non-hydrogen) atoms. The topological polar surface area (TPSA) is 71.5 Å². The molecule has 0 spiro atoms. The van der Waals surface area contributed by atoms with Gasteiger partial charge >= 0.3 is 6.18 Å². The Morgan fingerprint density at radius 2 is 1.89 bits per heavy atom. The number of fused-ring (bicyclic) bond motifs is 1. The molecule has 0 saturated heterocycles. The molecule has 0 aliphatic heterocycles. The SMILES string of the molecule is CC(CO)NC(=O)c1ccc2c(Oc3ccc(C(F)(F)F)cc3)nccc2c1. The summed E-state index contributed by atoms with van der Waals surface area (Å²) >= 11 is 0. The van der Waals surface area contributed by atoms with Crippen molar-refractivity contribution >= 4 is 16.7 Å². The summed E-state index contributed by atoms with van der Waals surface area (Å²) < 4.78 is 43.6. The molecule has 1 heterocycles. The van der Waals surface area contributed by atoms with E-state index in [0.29, 0.717) is 16.3 Å². The number of benzene rings is 2. The second kappa shape index (κ2) is 7.85. The number of aromatic nitrogens is 1. The Balaban J connectivity index is 1.85. The van der Waals surface area contributed by atoms with Crippen LogP contribution in [0.1, 0.15) is 22.8 Å². The van der Waals surface area contributed by atoms with E-state index in [1.807, 2.05) is 0 Å². The van der Waals surface area contributed by atoms with Gasteiger partial charge in [-0.1, -0.05) is 0 Å². The molecule has 0 fully saturated rings. The van der Waals surface area contributed by atoms with E-state index < -0.39 is 11.7 Å². The van der Waals surface area contributed by atoms with Crippen molar-refractivity contribution in [1.29, 1.82) is 0 Å². The van der Waals surface area contributed by atoms with E-state index in [0.717, 1.165) is 12.1 Å². The summed E-state index contributed by atoms with van der Waals surface area (Å²) in [5.41, 5.74) is -0.363. The maximum atomic E-state index is 12.7. The molecule has 146 valence electrons. The fourth-order valence-electron chi connectivity index (χ4n) is 2.55. The van der Waals surface area contributed by atoms with E-state index in [9.17, 15) is 18.0 Å². The summed E-state index contributed by atoms with van der Waals surface area (Å²) in [6.07, 6.45) is -2.93. The lowest BCUT2D eigenvalue weighted by atomic mass is 10.1. The first-order valence-corrected chi connectivity index (χ1v) is 8.43. The molecule has 5 nitrogen and oxygen atoms in total. The second-order valence-corrected chi connectivity index (χ2v) is 6.23. The van der Waals surface area contributed by atoms with Crippen LogP contribution in [0.4, 0.5) is 13.2 Å². The summed E-state index contributed by atoms with van der Waals surface area (Å²) in [7, 11) is 0. The summed E-state index contributed by atoms with van der Waals surface area (Å²) in [5, 5.41) is 13.0. The third-order valence-corrected chi connectivity index (χ3v) is 4.04. The number of halogens is 3. The molecule has 3 aromatic rings. The lowest BCUT2D eigenvalue weighted by Gasteiger charge is -2.12. The maximum Gasteiger partial charge on any atom is 0.416 e. The quantitative estimate of drug-likeness (QED) is 0.686. The van der Waals surface area contributed by atoms with E-state index in [4.69, 9.17) is 9.84 Å². The molecule has 1 amide bonds. The van der Waals surface area contributed by atoms with E-state index in [1.165, 1.54) is 18.3 Å². The number of ether oxygens (including phenoxy) is 1. The average Bonchev–Trinajstić information content (AvgIpc) is 2.67. The molecule has 3 rings (SSSR count). The van der Waals surface area contributed by atoms with Crippen molar-refractivity contribution in [1.82, 2.24) is 10.3 Å². The number of hydrogen-bond acceptors (Lipinski definition) is 4. The predicted octanol–water partition coefficient (Wildman–Crippen LogP) is 4.16. The smallest absolute Gasteiger partial charge is 0.416 e. The number of nitrogens with one attached hydrogen (secondary N) is 1. The van der Waals surface area contributed by atoms with Crippen LogP contribution in [0.2, 0.25) is 0 Å². The number of aliphatic hydroxyl groups excluding tert-OH is 1. The van der Waals surface area contributed by atoms with Gasteiger partial charge in [-0.25, -0.2) is 4.98 Å². The summed E-state index contributed by atoms with van der Waals surface area (Å²) in [6, 6.07) is 10.5. The van der Waals surface area contributed by atoms with Crippen LogP contribution in [-0.4, -0.2) is 28.6 Å². The van der Waals surface area contributed by atoms with Gasteiger partial charge in [0, 0.05) is 23.2 Å². The lowest BCUT2D eigenvalue weighted by Crippen LogP contribution is -2.34. The number of carbonyl (C=O) groups is 1. The van der Waals surface area contributed by atoms with Crippen molar-refractivity contribution in [2.45, 2.75) is 19.1 Å². The number of carbonyl (C=O) groups excluding carboxylic acids is 1. The molecule has 0 bridgehead atoms. The Morgan fingerprint density at radius 3 is 2.54 bits per heavy atom. The Hall–Kier alpha value is -3.13. The van der Waals surface area contributed by atoms with Gasteiger partial charge in [0.1, 0.15) is 5.75 Å². The molecule has 1 unspecified atom stereocenters. The number of pyridine rings is 1. The highest BCUT2D eigenvalue weighted by molar-refractivity contribution is 5.99. The molecule has 8 heteroatoms. The van der Waals surface area contributed by atoms with Gasteiger partial charge < -0.3 is 15.2 Å². The monoisotopic (exact) mass is 390 g/mol. The van der Waals surface area contributed by atoms with Crippen LogP contribution < -0.4 is 10.1 Å². The molecule has 0 radical (unpaired) electrons. The summed E-state index contributed by atoms with van der Waals surface area (Å²) in [6.45, 7) is 1.51. The molecule has 0 aliphatic carbocycles. The van der Waals surface area contributed by atoms with Crippen molar-refractivity contribution in [3.63, 3.8) is 0 Å². The standard InChI is InChI=1S/C20H17F3N2O3/c1-12(11-26)25-18(27)14-2-7-17-13(10-14)8-9-24-19(17)28-16-5-3-15(4-6-16)20(21,22)23/h2-10,12,26H,11H2,1H3,(H,25,27). The van der Waals surface area contributed by atoms with Crippen LogP contribution in [-0.2, 0) is 6.18 Å². The highest BCUT2D eigenvalue weighted by Crippen LogP contribution is 2.32. The van der Waals surface area contributed by atoms with Gasteiger partial charge in [0.2, 0.25) is 5.88 Å². The second-order valence-electron chi connectivity index (χ2n) is 6.23. The van der Waals surface area contributed by atoms with Gasteiger partial charge in [-0.2, -0.15) is 13.2 Å². The van der Waals surface area contributed by atoms with Crippen molar-refractivity contribution in [3.8, 4) is 11.6 Å². The Kier molecular flexibility index (Phi) is 5.51. The number of alkyl halides is 3. The van der Waals surface area contributed by atoms with Crippen LogP contribution in [0.3, 0.4) is 0 Å². The Labute approximate surface area is 158 Å². The van der Waals surface area contributed by atoms with Crippen LogP contribution in [0.5, 0.6) is 11.6 Å². The van der Waals surface area contributed by atoms with E-state index in [1.54, 1.807) is 31.2 Å². The molecule has 0 aliphatic rings. The van der Waals surface area contributed by atoms with Crippen molar-refractivity contribution < 1.29 is 27.8 Å². The Morgan fingerprint density at radius 1 is 1.18 bits per heavy atom. The highest BCUT2D eigenvalue weighted by atomic mass is 19.4. The maximum absolute atomic E-state index is 12.7. The first kappa shape index (κ1) is 19.6. The zero-order chi connectivity index (χ0) is 20.3. The molecule has 2 N–H and O–H groups in total.